The second-order valence-corrected chi connectivity index (χ2v) is 8.61. The van der Waals surface area contributed by atoms with Crippen molar-refractivity contribution in [1.29, 1.82) is 0 Å². The summed E-state index contributed by atoms with van der Waals surface area (Å²) in [4.78, 5) is 27.9. The zero-order valence-electron chi connectivity index (χ0n) is 18.8. The van der Waals surface area contributed by atoms with Crippen molar-refractivity contribution in [3.05, 3.63) is 65.2 Å². The molecule has 2 N–H and O–H groups in total. The van der Waals surface area contributed by atoms with Crippen molar-refractivity contribution in [3.8, 4) is 24.2 Å². The van der Waals surface area contributed by atoms with E-state index in [1.165, 1.54) is 0 Å². The molecule has 1 aliphatic carbocycles. The minimum Gasteiger partial charge on any atom is -0.347 e. The molecular weight excluding hydrogens is 410 g/mol. The minimum atomic E-state index is -0.142. The van der Waals surface area contributed by atoms with Gasteiger partial charge in [0.15, 0.2) is 0 Å². The number of nitrogens with one attached hydrogen (secondary N) is 2. The molecular formula is C28H29N3O2. The van der Waals surface area contributed by atoms with Crippen molar-refractivity contribution in [2.24, 2.45) is 5.92 Å². The molecule has 1 fully saturated rings. The average Bonchev–Trinajstić information content (AvgIpc) is 3.08. The van der Waals surface area contributed by atoms with Crippen LogP contribution in [0.25, 0.3) is 0 Å². The molecule has 2 aromatic rings. The van der Waals surface area contributed by atoms with Gasteiger partial charge in [0.25, 0.3) is 0 Å². The van der Waals surface area contributed by atoms with Crippen molar-refractivity contribution in [3.63, 3.8) is 0 Å². The number of fused-ring (bicyclic) bond motifs is 2. The van der Waals surface area contributed by atoms with E-state index in [2.05, 4.69) is 28.4 Å². The highest BCUT2D eigenvalue weighted by Gasteiger charge is 2.26. The number of carbonyl (C=O) groups excluding carboxylic acids is 2. The van der Waals surface area contributed by atoms with Crippen LogP contribution in [0.4, 0.5) is 5.69 Å². The maximum absolute atomic E-state index is 13.3. The van der Waals surface area contributed by atoms with Crippen LogP contribution >= 0.6 is 0 Å². The molecule has 0 aromatic heterocycles. The van der Waals surface area contributed by atoms with E-state index in [4.69, 9.17) is 6.42 Å². The molecule has 1 saturated carbocycles. The molecule has 2 aromatic carbocycles. The van der Waals surface area contributed by atoms with Gasteiger partial charge in [0.1, 0.15) is 0 Å². The van der Waals surface area contributed by atoms with Gasteiger partial charge in [-0.05, 0) is 49.4 Å². The van der Waals surface area contributed by atoms with E-state index in [9.17, 15) is 9.59 Å². The van der Waals surface area contributed by atoms with Crippen LogP contribution in [0.2, 0.25) is 0 Å². The third kappa shape index (κ3) is 5.64. The van der Waals surface area contributed by atoms with Crippen LogP contribution in [0, 0.1) is 30.1 Å². The topological polar surface area (TPSA) is 61.4 Å². The first-order valence-electron chi connectivity index (χ1n) is 11.6. The molecule has 5 nitrogen and oxygen atoms in total. The summed E-state index contributed by atoms with van der Waals surface area (Å²) in [6.07, 6.45) is 9.90. The second-order valence-electron chi connectivity index (χ2n) is 8.61. The van der Waals surface area contributed by atoms with Gasteiger partial charge in [-0.15, -0.1) is 6.42 Å². The highest BCUT2D eigenvalue weighted by molar-refractivity contribution is 5.98. The number of carbonyl (C=O) groups is 2. The molecule has 168 valence electrons. The molecule has 0 spiro atoms. The third-order valence-electron chi connectivity index (χ3n) is 6.42. The Morgan fingerprint density at radius 2 is 1.76 bits per heavy atom. The molecule has 0 bridgehead atoms. The molecule has 2 aliphatic rings. The Hall–Kier alpha value is -3.54. The van der Waals surface area contributed by atoms with Gasteiger partial charge in [-0.3, -0.25) is 9.59 Å². The van der Waals surface area contributed by atoms with Crippen LogP contribution in [0.5, 0.6) is 0 Å². The monoisotopic (exact) mass is 439 g/mol. The van der Waals surface area contributed by atoms with E-state index in [0.717, 1.165) is 54.5 Å². The van der Waals surface area contributed by atoms with Gasteiger partial charge in [0.05, 0.1) is 25.3 Å². The number of nitrogens with zero attached hydrogens (tertiary/aromatic N) is 1. The van der Waals surface area contributed by atoms with E-state index in [1.807, 2.05) is 48.5 Å². The van der Waals surface area contributed by atoms with Gasteiger partial charge in [0, 0.05) is 23.1 Å². The predicted octanol–water partition coefficient (Wildman–Crippen LogP) is 3.22. The summed E-state index contributed by atoms with van der Waals surface area (Å²) in [5.41, 5.74) is 3.49. The summed E-state index contributed by atoms with van der Waals surface area (Å²) in [5.74, 6) is 8.79. The van der Waals surface area contributed by atoms with Gasteiger partial charge in [-0.2, -0.15) is 0 Å². The fourth-order valence-electron chi connectivity index (χ4n) is 4.58. The van der Waals surface area contributed by atoms with E-state index < -0.39 is 0 Å². The molecule has 0 saturated heterocycles. The predicted molar refractivity (Wildman–Crippen MR) is 130 cm³/mol. The summed E-state index contributed by atoms with van der Waals surface area (Å²) in [6.45, 7) is 0.946. The Bertz CT molecular complexity index is 1120. The number of terminal acetylenes is 1. The van der Waals surface area contributed by atoms with Gasteiger partial charge >= 0.3 is 0 Å². The number of para-hydroxylation sites is 1. The highest BCUT2D eigenvalue weighted by atomic mass is 16.2. The summed E-state index contributed by atoms with van der Waals surface area (Å²) in [7, 11) is 0. The summed E-state index contributed by atoms with van der Waals surface area (Å²) >= 11 is 0. The van der Waals surface area contributed by atoms with Crippen LogP contribution in [0.3, 0.4) is 0 Å². The number of anilines is 1. The zero-order chi connectivity index (χ0) is 23.0. The minimum absolute atomic E-state index is 0.0297. The van der Waals surface area contributed by atoms with Crippen molar-refractivity contribution in [1.82, 2.24) is 10.6 Å². The second kappa shape index (κ2) is 10.9. The Balaban J connectivity index is 1.43. The SMILES string of the molecule is C#CCNC1CCCC(C(=O)NCC(=O)N2Cc3ccccc3C#Cc3ccccc32)CC1. The van der Waals surface area contributed by atoms with Gasteiger partial charge in [-0.1, -0.05) is 54.5 Å². The van der Waals surface area contributed by atoms with Gasteiger partial charge < -0.3 is 15.5 Å². The normalized spacial score (nSPS) is 19.3. The standard InChI is InChI=1S/C28H29N3O2/c1-2-18-29-25-12-7-11-23(16-17-25)28(33)30-19-27(32)31-20-24-10-4-3-8-21(24)14-15-22-9-5-6-13-26(22)31/h1,3-6,8-10,13,23,25,29H,7,11-12,16-20H2,(H,30,33). The van der Waals surface area contributed by atoms with Gasteiger partial charge in [0.2, 0.25) is 11.8 Å². The lowest BCUT2D eigenvalue weighted by Crippen LogP contribution is -2.42. The average molecular weight is 440 g/mol. The first-order valence-corrected chi connectivity index (χ1v) is 11.6. The third-order valence-corrected chi connectivity index (χ3v) is 6.42. The smallest absolute Gasteiger partial charge is 0.246 e. The van der Waals surface area contributed by atoms with Gasteiger partial charge in [-0.25, -0.2) is 0 Å². The number of rotatable bonds is 5. The fourth-order valence-corrected chi connectivity index (χ4v) is 4.58. The first-order chi connectivity index (χ1) is 16.2. The highest BCUT2D eigenvalue weighted by Crippen LogP contribution is 2.26. The maximum atomic E-state index is 13.3. The molecule has 2 atom stereocenters. The zero-order valence-corrected chi connectivity index (χ0v) is 18.8. The molecule has 2 unspecified atom stereocenters. The first kappa shape index (κ1) is 22.6. The summed E-state index contributed by atoms with van der Waals surface area (Å²) in [5, 5.41) is 6.26. The number of hydrogen-bond donors (Lipinski definition) is 2. The summed E-state index contributed by atoms with van der Waals surface area (Å²) in [6, 6.07) is 15.9. The van der Waals surface area contributed by atoms with E-state index in [0.29, 0.717) is 19.1 Å². The van der Waals surface area contributed by atoms with Crippen molar-refractivity contribution in [2.75, 3.05) is 18.0 Å². The molecule has 4 rings (SSSR count). The molecule has 1 heterocycles. The molecule has 5 heteroatoms. The molecule has 1 aliphatic heterocycles. The molecule has 33 heavy (non-hydrogen) atoms. The quantitative estimate of drug-likeness (QED) is 0.556. The largest absolute Gasteiger partial charge is 0.347 e. The van der Waals surface area contributed by atoms with Crippen molar-refractivity contribution in [2.45, 2.75) is 44.7 Å². The lowest BCUT2D eigenvalue weighted by Gasteiger charge is -2.26. The summed E-state index contributed by atoms with van der Waals surface area (Å²) < 4.78 is 0. The van der Waals surface area contributed by atoms with Crippen LogP contribution in [-0.4, -0.2) is 30.9 Å². The number of amides is 2. The number of benzene rings is 2. The maximum Gasteiger partial charge on any atom is 0.246 e. The fraction of sp³-hybridized carbons (Fsp3) is 0.357. The van der Waals surface area contributed by atoms with Crippen LogP contribution < -0.4 is 15.5 Å². The van der Waals surface area contributed by atoms with Crippen molar-refractivity contribution < 1.29 is 9.59 Å². The molecule has 2 amide bonds. The van der Waals surface area contributed by atoms with Crippen molar-refractivity contribution >= 4 is 17.5 Å². The van der Waals surface area contributed by atoms with E-state index >= 15 is 0 Å². The van der Waals surface area contributed by atoms with Crippen LogP contribution in [0.1, 0.15) is 48.8 Å². The van der Waals surface area contributed by atoms with E-state index in [1.54, 1.807) is 4.90 Å². The van der Waals surface area contributed by atoms with Crippen LogP contribution in [0.15, 0.2) is 48.5 Å². The van der Waals surface area contributed by atoms with Crippen LogP contribution in [-0.2, 0) is 16.1 Å². The lowest BCUT2D eigenvalue weighted by molar-refractivity contribution is -0.128. The molecule has 0 radical (unpaired) electrons. The number of hydrogen-bond acceptors (Lipinski definition) is 3. The Morgan fingerprint density at radius 3 is 2.61 bits per heavy atom. The Morgan fingerprint density at radius 1 is 1.00 bits per heavy atom. The Labute approximate surface area is 195 Å². The lowest BCUT2D eigenvalue weighted by atomic mass is 9.99. The Kier molecular flexibility index (Phi) is 7.45. The van der Waals surface area contributed by atoms with E-state index in [-0.39, 0.29) is 24.3 Å².